The first-order valence-corrected chi connectivity index (χ1v) is 10.4. The minimum atomic E-state index is -0.116. The Hall–Kier alpha value is -2.47. The normalized spacial score (nSPS) is 23.8. The number of aromatic nitrogens is 4. The van der Waals surface area contributed by atoms with Crippen molar-refractivity contribution < 1.29 is 0 Å². The molecule has 1 aliphatic carbocycles. The van der Waals surface area contributed by atoms with Crippen LogP contribution in [0.3, 0.4) is 0 Å². The average Bonchev–Trinajstić information content (AvgIpc) is 3.42. The fraction of sp³-hybridized carbons (Fsp3) is 0.500. The lowest BCUT2D eigenvalue weighted by Crippen LogP contribution is -2.21. The second-order valence-electron chi connectivity index (χ2n) is 8.53. The molecule has 1 saturated carbocycles. The Bertz CT molecular complexity index is 1020. The van der Waals surface area contributed by atoms with Gasteiger partial charge in [-0.25, -0.2) is 4.98 Å². The number of hydrogen-bond donors (Lipinski definition) is 2. The van der Waals surface area contributed by atoms with Gasteiger partial charge in [0.05, 0.1) is 5.69 Å². The van der Waals surface area contributed by atoms with Crippen molar-refractivity contribution in [1.29, 1.82) is 0 Å². The highest BCUT2D eigenvalue weighted by molar-refractivity contribution is 5.76. The van der Waals surface area contributed by atoms with Crippen molar-refractivity contribution in [3.8, 4) is 0 Å². The topological polar surface area (TPSA) is 77.7 Å². The molecule has 6 heteroatoms. The van der Waals surface area contributed by atoms with E-state index in [2.05, 4.69) is 57.3 Å². The molecule has 0 radical (unpaired) electrons. The van der Waals surface area contributed by atoms with Gasteiger partial charge in [-0.1, -0.05) is 50.1 Å². The zero-order valence-electron chi connectivity index (χ0n) is 16.3. The molecule has 6 nitrogen and oxygen atoms in total. The van der Waals surface area contributed by atoms with Crippen LogP contribution in [-0.4, -0.2) is 38.2 Å². The van der Waals surface area contributed by atoms with Crippen molar-refractivity contribution >= 4 is 11.0 Å². The lowest BCUT2D eigenvalue weighted by molar-refractivity contribution is 0.318. The predicted octanol–water partition coefficient (Wildman–Crippen LogP) is 3.54. The van der Waals surface area contributed by atoms with Crippen LogP contribution in [0.1, 0.15) is 61.5 Å². The quantitative estimate of drug-likeness (QED) is 0.729. The molecule has 1 aromatic carbocycles. The maximum Gasteiger partial charge on any atom is 0.279 e. The van der Waals surface area contributed by atoms with Crippen LogP contribution in [0.25, 0.3) is 11.0 Å². The largest absolute Gasteiger partial charge is 0.308 e. The second kappa shape index (κ2) is 7.17. The van der Waals surface area contributed by atoms with Gasteiger partial charge < -0.3 is 4.98 Å². The number of nitrogens with one attached hydrogen (secondary N) is 2. The number of rotatable bonds is 4. The Balaban J connectivity index is 1.43. The third-order valence-electron chi connectivity index (χ3n) is 6.51. The first kappa shape index (κ1) is 17.6. The maximum absolute atomic E-state index is 12.7. The molecule has 1 saturated heterocycles. The Morgan fingerprint density at radius 1 is 1.11 bits per heavy atom. The standard InChI is InChI=1S/C22H27N5O/c1-14-11-27(12-15-7-3-2-4-8-15)13-17(14)21-23-19-18(16-9-5-6-10-16)25-26-20(19)22(28)24-21/h2-4,7-8,14,16-17H,5-6,9-13H2,1H3,(H,25,26)(H,23,24,28)/t14-,17-/m1/s1. The molecule has 3 heterocycles. The predicted molar refractivity (Wildman–Crippen MR) is 109 cm³/mol. The van der Waals surface area contributed by atoms with E-state index in [0.717, 1.165) is 49.5 Å². The number of likely N-dealkylation sites (tertiary alicyclic amines) is 1. The number of nitrogens with zero attached hydrogens (tertiary/aromatic N) is 3. The minimum absolute atomic E-state index is 0.116. The molecule has 2 fully saturated rings. The van der Waals surface area contributed by atoms with Crippen molar-refractivity contribution in [2.24, 2.45) is 5.92 Å². The smallest absolute Gasteiger partial charge is 0.279 e. The van der Waals surface area contributed by atoms with Gasteiger partial charge in [0.15, 0.2) is 5.52 Å². The molecule has 1 aliphatic heterocycles. The highest BCUT2D eigenvalue weighted by Gasteiger charge is 2.33. The number of aromatic amines is 2. The van der Waals surface area contributed by atoms with Crippen LogP contribution in [0.4, 0.5) is 0 Å². The van der Waals surface area contributed by atoms with Crippen molar-refractivity contribution in [3.05, 3.63) is 57.8 Å². The maximum atomic E-state index is 12.7. The fourth-order valence-electron chi connectivity index (χ4n) is 5.01. The van der Waals surface area contributed by atoms with Crippen LogP contribution in [0.2, 0.25) is 0 Å². The lowest BCUT2D eigenvalue weighted by Gasteiger charge is -2.16. The van der Waals surface area contributed by atoms with Gasteiger partial charge in [-0.3, -0.25) is 14.8 Å². The molecule has 0 spiro atoms. The Morgan fingerprint density at radius 2 is 1.89 bits per heavy atom. The van der Waals surface area contributed by atoms with E-state index >= 15 is 0 Å². The summed E-state index contributed by atoms with van der Waals surface area (Å²) >= 11 is 0. The highest BCUT2D eigenvalue weighted by atomic mass is 16.1. The number of hydrogen-bond acceptors (Lipinski definition) is 4. The van der Waals surface area contributed by atoms with E-state index in [1.165, 1.54) is 18.4 Å². The summed E-state index contributed by atoms with van der Waals surface area (Å²) in [4.78, 5) is 23.1. The molecule has 2 aliphatic rings. The van der Waals surface area contributed by atoms with Gasteiger partial charge in [0.25, 0.3) is 5.56 Å². The monoisotopic (exact) mass is 377 g/mol. The van der Waals surface area contributed by atoms with Crippen LogP contribution < -0.4 is 5.56 Å². The van der Waals surface area contributed by atoms with E-state index in [0.29, 0.717) is 17.4 Å². The zero-order valence-corrected chi connectivity index (χ0v) is 16.3. The molecule has 2 aromatic heterocycles. The van der Waals surface area contributed by atoms with Crippen molar-refractivity contribution in [1.82, 2.24) is 25.1 Å². The molecule has 0 bridgehead atoms. The zero-order chi connectivity index (χ0) is 19.1. The van der Waals surface area contributed by atoms with Crippen LogP contribution >= 0.6 is 0 Å². The molecule has 0 unspecified atom stereocenters. The van der Waals surface area contributed by atoms with E-state index in [9.17, 15) is 4.79 Å². The van der Waals surface area contributed by atoms with Crippen molar-refractivity contribution in [2.45, 2.75) is 51.0 Å². The van der Waals surface area contributed by atoms with Gasteiger partial charge >= 0.3 is 0 Å². The summed E-state index contributed by atoms with van der Waals surface area (Å²) in [5.74, 6) is 1.97. The Labute approximate surface area is 164 Å². The Morgan fingerprint density at radius 3 is 2.68 bits per heavy atom. The summed E-state index contributed by atoms with van der Waals surface area (Å²) in [5.41, 5.74) is 3.52. The fourth-order valence-corrected chi connectivity index (χ4v) is 5.01. The molecule has 28 heavy (non-hydrogen) atoms. The summed E-state index contributed by atoms with van der Waals surface area (Å²) in [6.45, 7) is 5.13. The number of benzene rings is 1. The highest BCUT2D eigenvalue weighted by Crippen LogP contribution is 2.36. The SMILES string of the molecule is C[C@@H]1CN(Cc2ccccc2)C[C@H]1c1nc2c(C3CCCC3)[nH]nc2c(=O)[nH]1. The van der Waals surface area contributed by atoms with E-state index in [1.54, 1.807) is 0 Å². The molecule has 2 N–H and O–H groups in total. The molecule has 0 amide bonds. The lowest BCUT2D eigenvalue weighted by atomic mass is 9.97. The molecule has 3 aromatic rings. The van der Waals surface area contributed by atoms with E-state index in [1.807, 2.05) is 0 Å². The van der Waals surface area contributed by atoms with Crippen LogP contribution in [0.5, 0.6) is 0 Å². The molecule has 146 valence electrons. The van der Waals surface area contributed by atoms with Gasteiger partial charge in [-0.05, 0) is 24.3 Å². The van der Waals surface area contributed by atoms with Crippen LogP contribution in [0, 0.1) is 5.92 Å². The van der Waals surface area contributed by atoms with Crippen LogP contribution in [-0.2, 0) is 6.54 Å². The third kappa shape index (κ3) is 3.15. The van der Waals surface area contributed by atoms with Gasteiger partial charge in [-0.15, -0.1) is 0 Å². The molecular weight excluding hydrogens is 350 g/mol. The van der Waals surface area contributed by atoms with Crippen molar-refractivity contribution in [3.63, 3.8) is 0 Å². The van der Waals surface area contributed by atoms with Gasteiger partial charge in [0.1, 0.15) is 11.3 Å². The summed E-state index contributed by atoms with van der Waals surface area (Å²) in [6, 6.07) is 10.6. The minimum Gasteiger partial charge on any atom is -0.308 e. The number of fused-ring (bicyclic) bond motifs is 1. The van der Waals surface area contributed by atoms with Gasteiger partial charge in [-0.2, -0.15) is 5.10 Å². The van der Waals surface area contributed by atoms with Gasteiger partial charge in [0.2, 0.25) is 0 Å². The molecular formula is C22H27N5O. The van der Waals surface area contributed by atoms with Crippen molar-refractivity contribution in [2.75, 3.05) is 13.1 Å². The van der Waals surface area contributed by atoms with E-state index in [4.69, 9.17) is 4.98 Å². The summed E-state index contributed by atoms with van der Waals surface area (Å²) in [7, 11) is 0. The molecule has 2 atom stereocenters. The second-order valence-corrected chi connectivity index (χ2v) is 8.53. The summed E-state index contributed by atoms with van der Waals surface area (Å²) in [6.07, 6.45) is 4.81. The Kier molecular flexibility index (Phi) is 4.51. The van der Waals surface area contributed by atoms with Gasteiger partial charge in [0, 0.05) is 31.5 Å². The van der Waals surface area contributed by atoms with E-state index < -0.39 is 0 Å². The van der Waals surface area contributed by atoms with Crippen LogP contribution in [0.15, 0.2) is 35.1 Å². The third-order valence-corrected chi connectivity index (χ3v) is 6.51. The first-order valence-electron chi connectivity index (χ1n) is 10.4. The number of H-pyrrole nitrogens is 2. The summed E-state index contributed by atoms with van der Waals surface area (Å²) < 4.78 is 0. The average molecular weight is 377 g/mol. The molecule has 5 rings (SSSR count). The van der Waals surface area contributed by atoms with E-state index in [-0.39, 0.29) is 11.5 Å². The summed E-state index contributed by atoms with van der Waals surface area (Å²) in [5, 5.41) is 7.40. The first-order chi connectivity index (χ1) is 13.7.